The maximum Gasteiger partial charge on any atom is 0.152 e. The van der Waals surface area contributed by atoms with Gasteiger partial charge in [0, 0.05) is 30.7 Å². The van der Waals surface area contributed by atoms with Crippen LogP contribution in [0.4, 0.5) is 0 Å². The van der Waals surface area contributed by atoms with Crippen LogP contribution in [0, 0.1) is 0 Å². The number of benzene rings is 1. The average molecular weight is 333 g/mol. The van der Waals surface area contributed by atoms with Crippen LogP contribution in [0.1, 0.15) is 11.1 Å². The predicted octanol–water partition coefficient (Wildman–Crippen LogP) is 1.14. The van der Waals surface area contributed by atoms with E-state index in [0.29, 0.717) is 19.6 Å². The summed E-state index contributed by atoms with van der Waals surface area (Å²) >= 11 is 3.54. The van der Waals surface area contributed by atoms with Crippen molar-refractivity contribution in [1.82, 2.24) is 4.90 Å². The maximum atomic E-state index is 11.3. The van der Waals surface area contributed by atoms with Gasteiger partial charge in [0.05, 0.1) is 11.5 Å². The first-order valence-corrected chi connectivity index (χ1v) is 8.52. The van der Waals surface area contributed by atoms with Gasteiger partial charge in [-0.25, -0.2) is 8.42 Å². The standard InChI is InChI=1S/C12H17BrN2O2S/c13-12-7-10(8-14)1-2-11(12)9-15-3-5-18(16,17)6-4-15/h1-2,7H,3-6,8-9,14H2. The van der Waals surface area contributed by atoms with Crippen molar-refractivity contribution in [3.63, 3.8) is 0 Å². The molecule has 0 saturated carbocycles. The summed E-state index contributed by atoms with van der Waals surface area (Å²) in [5.41, 5.74) is 7.85. The predicted molar refractivity (Wildman–Crippen MR) is 76.0 cm³/mol. The number of nitrogens with zero attached hydrogens (tertiary/aromatic N) is 1. The van der Waals surface area contributed by atoms with Crippen molar-refractivity contribution >= 4 is 25.8 Å². The highest BCUT2D eigenvalue weighted by Gasteiger charge is 2.21. The van der Waals surface area contributed by atoms with E-state index >= 15 is 0 Å². The monoisotopic (exact) mass is 332 g/mol. The first-order valence-electron chi connectivity index (χ1n) is 5.90. The van der Waals surface area contributed by atoms with Crippen molar-refractivity contribution in [1.29, 1.82) is 0 Å². The van der Waals surface area contributed by atoms with Crippen LogP contribution in [0.5, 0.6) is 0 Å². The number of rotatable bonds is 3. The zero-order valence-electron chi connectivity index (χ0n) is 10.1. The lowest BCUT2D eigenvalue weighted by molar-refractivity contribution is 0.287. The van der Waals surface area contributed by atoms with Crippen molar-refractivity contribution in [2.45, 2.75) is 13.1 Å². The topological polar surface area (TPSA) is 63.4 Å². The number of sulfone groups is 1. The van der Waals surface area contributed by atoms with Crippen molar-refractivity contribution in [3.05, 3.63) is 33.8 Å². The summed E-state index contributed by atoms with van der Waals surface area (Å²) in [6.45, 7) is 2.54. The highest BCUT2D eigenvalue weighted by atomic mass is 79.9. The van der Waals surface area contributed by atoms with Crippen LogP contribution in [0.15, 0.2) is 22.7 Å². The molecular formula is C12H17BrN2O2S. The molecule has 0 atom stereocenters. The van der Waals surface area contributed by atoms with Crippen LogP contribution in [0.3, 0.4) is 0 Å². The minimum Gasteiger partial charge on any atom is -0.326 e. The Morgan fingerprint density at radius 2 is 1.94 bits per heavy atom. The van der Waals surface area contributed by atoms with Gasteiger partial charge in [0.1, 0.15) is 0 Å². The largest absolute Gasteiger partial charge is 0.326 e. The summed E-state index contributed by atoms with van der Waals surface area (Å²) in [7, 11) is -2.80. The van der Waals surface area contributed by atoms with Gasteiger partial charge in [-0.15, -0.1) is 0 Å². The Hall–Kier alpha value is -0.430. The van der Waals surface area contributed by atoms with Crippen LogP contribution in [0.2, 0.25) is 0 Å². The number of halogens is 1. The third-order valence-electron chi connectivity index (χ3n) is 3.18. The Kier molecular flexibility index (Phi) is 4.42. The van der Waals surface area contributed by atoms with E-state index in [2.05, 4.69) is 26.9 Å². The molecule has 0 bridgehead atoms. The molecule has 2 N–H and O–H groups in total. The lowest BCUT2D eigenvalue weighted by atomic mass is 10.1. The van der Waals surface area contributed by atoms with E-state index in [1.54, 1.807) is 0 Å². The van der Waals surface area contributed by atoms with E-state index < -0.39 is 9.84 Å². The Bertz CT molecular complexity index is 517. The van der Waals surface area contributed by atoms with Crippen LogP contribution in [-0.4, -0.2) is 37.9 Å². The van der Waals surface area contributed by atoms with E-state index in [4.69, 9.17) is 5.73 Å². The number of hydrogen-bond acceptors (Lipinski definition) is 4. The van der Waals surface area contributed by atoms with Crippen LogP contribution < -0.4 is 5.73 Å². The van der Waals surface area contributed by atoms with E-state index in [-0.39, 0.29) is 11.5 Å². The Morgan fingerprint density at radius 1 is 1.28 bits per heavy atom. The summed E-state index contributed by atoms with van der Waals surface area (Å²) < 4.78 is 23.7. The molecule has 1 aromatic carbocycles. The molecule has 0 radical (unpaired) electrons. The fourth-order valence-corrected chi connectivity index (χ4v) is 3.82. The highest BCUT2D eigenvalue weighted by Crippen LogP contribution is 2.21. The zero-order valence-corrected chi connectivity index (χ0v) is 12.5. The fraction of sp³-hybridized carbons (Fsp3) is 0.500. The molecule has 1 heterocycles. The number of hydrogen-bond donors (Lipinski definition) is 1. The quantitative estimate of drug-likeness (QED) is 0.901. The fourth-order valence-electron chi connectivity index (χ4n) is 2.00. The minimum atomic E-state index is -2.80. The SMILES string of the molecule is NCc1ccc(CN2CCS(=O)(=O)CC2)c(Br)c1. The molecular weight excluding hydrogens is 316 g/mol. The minimum absolute atomic E-state index is 0.269. The Labute approximate surface area is 116 Å². The first kappa shape index (κ1) is 14.0. The molecule has 0 amide bonds. The van der Waals surface area contributed by atoms with Gasteiger partial charge in [-0.1, -0.05) is 28.1 Å². The van der Waals surface area contributed by atoms with E-state index in [1.165, 1.54) is 5.56 Å². The molecule has 0 spiro atoms. The molecule has 1 aliphatic heterocycles. The maximum absolute atomic E-state index is 11.3. The second kappa shape index (κ2) is 5.69. The van der Waals surface area contributed by atoms with E-state index in [9.17, 15) is 8.42 Å². The molecule has 6 heteroatoms. The molecule has 1 aliphatic rings. The normalized spacial score (nSPS) is 19.9. The smallest absolute Gasteiger partial charge is 0.152 e. The first-order chi connectivity index (χ1) is 8.50. The summed E-state index contributed by atoms with van der Waals surface area (Å²) in [5, 5.41) is 0. The molecule has 1 fully saturated rings. The van der Waals surface area contributed by atoms with Crippen molar-refractivity contribution in [2.24, 2.45) is 5.73 Å². The molecule has 1 aromatic rings. The molecule has 1 saturated heterocycles. The van der Waals surface area contributed by atoms with Gasteiger partial charge < -0.3 is 5.73 Å². The lowest BCUT2D eigenvalue weighted by Gasteiger charge is -2.26. The zero-order chi connectivity index (χ0) is 13.2. The average Bonchev–Trinajstić information content (AvgIpc) is 2.34. The second-order valence-electron chi connectivity index (χ2n) is 4.56. The van der Waals surface area contributed by atoms with Gasteiger partial charge in [-0.3, -0.25) is 4.90 Å². The van der Waals surface area contributed by atoms with Gasteiger partial charge in [0.2, 0.25) is 0 Å². The van der Waals surface area contributed by atoms with E-state index in [1.807, 2.05) is 12.1 Å². The van der Waals surface area contributed by atoms with Gasteiger partial charge in [0.25, 0.3) is 0 Å². The third-order valence-corrected chi connectivity index (χ3v) is 5.53. The Morgan fingerprint density at radius 3 is 2.50 bits per heavy atom. The van der Waals surface area contributed by atoms with Crippen molar-refractivity contribution < 1.29 is 8.42 Å². The molecule has 2 rings (SSSR count). The van der Waals surface area contributed by atoms with Gasteiger partial charge in [-0.05, 0) is 17.2 Å². The van der Waals surface area contributed by atoms with Gasteiger partial charge >= 0.3 is 0 Å². The van der Waals surface area contributed by atoms with E-state index in [0.717, 1.165) is 16.6 Å². The third kappa shape index (κ3) is 3.54. The van der Waals surface area contributed by atoms with Crippen LogP contribution in [0.25, 0.3) is 0 Å². The summed E-state index contributed by atoms with van der Waals surface area (Å²) in [5.74, 6) is 0.539. The van der Waals surface area contributed by atoms with Crippen LogP contribution in [-0.2, 0) is 22.9 Å². The summed E-state index contributed by atoms with van der Waals surface area (Å²) in [6, 6.07) is 6.09. The van der Waals surface area contributed by atoms with Crippen LogP contribution >= 0.6 is 15.9 Å². The Balaban J connectivity index is 2.02. The second-order valence-corrected chi connectivity index (χ2v) is 7.72. The molecule has 0 unspecified atom stereocenters. The number of nitrogens with two attached hydrogens (primary N) is 1. The van der Waals surface area contributed by atoms with Gasteiger partial charge in [0.15, 0.2) is 9.84 Å². The van der Waals surface area contributed by atoms with Gasteiger partial charge in [-0.2, -0.15) is 0 Å². The molecule has 4 nitrogen and oxygen atoms in total. The molecule has 0 aliphatic carbocycles. The molecule has 18 heavy (non-hydrogen) atoms. The summed E-state index contributed by atoms with van der Waals surface area (Å²) in [4.78, 5) is 2.17. The molecule has 100 valence electrons. The van der Waals surface area contributed by atoms with Crippen molar-refractivity contribution in [2.75, 3.05) is 24.6 Å². The highest BCUT2D eigenvalue weighted by molar-refractivity contribution is 9.10. The van der Waals surface area contributed by atoms with Crippen molar-refractivity contribution in [3.8, 4) is 0 Å². The summed E-state index contributed by atoms with van der Waals surface area (Å²) in [6.07, 6.45) is 0. The lowest BCUT2D eigenvalue weighted by Crippen LogP contribution is -2.39. The molecule has 0 aromatic heterocycles.